The average molecular weight is 272 g/mol. The van der Waals surface area contributed by atoms with Gasteiger partial charge >= 0.3 is 0 Å². The number of hydrogen-bond donors (Lipinski definition) is 2. The van der Waals surface area contributed by atoms with Gasteiger partial charge in [-0.05, 0) is 43.7 Å². The van der Waals surface area contributed by atoms with Crippen LogP contribution in [0.15, 0.2) is 41.0 Å². The molecular formula is C16H20N2O2. The maximum atomic E-state index is 11.2. The van der Waals surface area contributed by atoms with Crippen LogP contribution in [0, 0.1) is 6.92 Å². The minimum absolute atomic E-state index is 0.0612. The fourth-order valence-corrected chi connectivity index (χ4v) is 2.10. The van der Waals surface area contributed by atoms with E-state index in [4.69, 9.17) is 4.42 Å². The molecule has 1 heterocycles. The molecular weight excluding hydrogens is 252 g/mol. The van der Waals surface area contributed by atoms with Gasteiger partial charge in [0.1, 0.15) is 5.76 Å². The average Bonchev–Trinajstić information content (AvgIpc) is 2.85. The Balaban J connectivity index is 2.03. The number of hydrogen-bond acceptors (Lipinski definition) is 3. The molecule has 1 atom stereocenters. The van der Waals surface area contributed by atoms with Gasteiger partial charge in [-0.25, -0.2) is 0 Å². The number of aryl methyl sites for hydroxylation is 1. The smallest absolute Gasteiger partial charge is 0.221 e. The SMILES string of the molecule is CC(=O)Nc1cc(NC(C)Cc2ccco2)ccc1C. The van der Waals surface area contributed by atoms with Crippen molar-refractivity contribution in [2.24, 2.45) is 0 Å². The first-order valence-corrected chi connectivity index (χ1v) is 6.72. The summed E-state index contributed by atoms with van der Waals surface area (Å²) in [6, 6.07) is 10.1. The molecule has 106 valence electrons. The highest BCUT2D eigenvalue weighted by atomic mass is 16.3. The lowest BCUT2D eigenvalue weighted by molar-refractivity contribution is -0.114. The summed E-state index contributed by atoms with van der Waals surface area (Å²) in [4.78, 5) is 11.2. The zero-order valence-corrected chi connectivity index (χ0v) is 12.1. The summed E-state index contributed by atoms with van der Waals surface area (Å²) in [5, 5.41) is 6.24. The maximum absolute atomic E-state index is 11.2. The number of furan rings is 1. The Hall–Kier alpha value is -2.23. The lowest BCUT2D eigenvalue weighted by atomic mass is 10.1. The van der Waals surface area contributed by atoms with Crippen LogP contribution in [0.2, 0.25) is 0 Å². The van der Waals surface area contributed by atoms with Crippen LogP contribution in [-0.4, -0.2) is 11.9 Å². The van der Waals surface area contributed by atoms with Gasteiger partial charge in [0.2, 0.25) is 5.91 Å². The predicted octanol–water partition coefficient (Wildman–Crippen LogP) is 3.59. The van der Waals surface area contributed by atoms with Crippen molar-refractivity contribution in [1.29, 1.82) is 0 Å². The van der Waals surface area contributed by atoms with Crippen LogP contribution in [0.3, 0.4) is 0 Å². The highest BCUT2D eigenvalue weighted by molar-refractivity contribution is 5.90. The number of nitrogens with one attached hydrogen (secondary N) is 2. The highest BCUT2D eigenvalue weighted by Gasteiger charge is 2.07. The lowest BCUT2D eigenvalue weighted by Crippen LogP contribution is -2.18. The summed E-state index contributed by atoms with van der Waals surface area (Å²) in [5.74, 6) is 0.896. The van der Waals surface area contributed by atoms with Crippen molar-refractivity contribution >= 4 is 17.3 Å². The van der Waals surface area contributed by atoms with E-state index in [-0.39, 0.29) is 11.9 Å². The molecule has 1 amide bonds. The predicted molar refractivity (Wildman–Crippen MR) is 81.0 cm³/mol. The van der Waals surface area contributed by atoms with E-state index in [9.17, 15) is 4.79 Å². The minimum Gasteiger partial charge on any atom is -0.469 e. The molecule has 0 fully saturated rings. The van der Waals surface area contributed by atoms with Gasteiger partial charge in [0.15, 0.2) is 0 Å². The normalized spacial score (nSPS) is 11.9. The minimum atomic E-state index is -0.0612. The molecule has 2 N–H and O–H groups in total. The topological polar surface area (TPSA) is 54.3 Å². The Morgan fingerprint density at radius 1 is 1.35 bits per heavy atom. The van der Waals surface area contributed by atoms with Gasteiger partial charge in [0.25, 0.3) is 0 Å². The summed E-state index contributed by atoms with van der Waals surface area (Å²) in [7, 11) is 0. The van der Waals surface area contributed by atoms with Gasteiger partial charge in [0.05, 0.1) is 6.26 Å². The van der Waals surface area contributed by atoms with E-state index in [2.05, 4.69) is 17.6 Å². The Morgan fingerprint density at radius 2 is 2.15 bits per heavy atom. The Morgan fingerprint density at radius 3 is 2.80 bits per heavy atom. The number of benzene rings is 1. The molecule has 0 aliphatic carbocycles. The fourth-order valence-electron chi connectivity index (χ4n) is 2.10. The van der Waals surface area contributed by atoms with Gasteiger partial charge in [0, 0.05) is 30.8 Å². The summed E-state index contributed by atoms with van der Waals surface area (Å²) in [6.45, 7) is 5.58. The van der Waals surface area contributed by atoms with E-state index < -0.39 is 0 Å². The van der Waals surface area contributed by atoms with E-state index >= 15 is 0 Å². The van der Waals surface area contributed by atoms with Crippen molar-refractivity contribution in [2.45, 2.75) is 33.2 Å². The molecule has 20 heavy (non-hydrogen) atoms. The molecule has 0 spiro atoms. The van der Waals surface area contributed by atoms with Gasteiger partial charge in [-0.3, -0.25) is 4.79 Å². The Labute approximate surface area is 119 Å². The largest absolute Gasteiger partial charge is 0.469 e. The number of carbonyl (C=O) groups is 1. The third-order valence-corrected chi connectivity index (χ3v) is 3.05. The third kappa shape index (κ3) is 3.88. The zero-order chi connectivity index (χ0) is 14.5. The van der Waals surface area contributed by atoms with E-state index in [1.165, 1.54) is 6.92 Å². The van der Waals surface area contributed by atoms with Gasteiger partial charge in [-0.15, -0.1) is 0 Å². The molecule has 1 aromatic carbocycles. The van der Waals surface area contributed by atoms with Crippen molar-refractivity contribution in [3.63, 3.8) is 0 Å². The van der Waals surface area contributed by atoms with Crippen LogP contribution in [0.5, 0.6) is 0 Å². The Kier molecular flexibility index (Phi) is 4.45. The molecule has 2 rings (SSSR count). The quantitative estimate of drug-likeness (QED) is 0.874. The van der Waals surface area contributed by atoms with Crippen LogP contribution >= 0.6 is 0 Å². The monoisotopic (exact) mass is 272 g/mol. The third-order valence-electron chi connectivity index (χ3n) is 3.05. The number of anilines is 2. The second-order valence-corrected chi connectivity index (χ2v) is 5.04. The van der Waals surface area contributed by atoms with Crippen molar-refractivity contribution in [3.8, 4) is 0 Å². The van der Waals surface area contributed by atoms with Gasteiger partial charge in [-0.2, -0.15) is 0 Å². The summed E-state index contributed by atoms with van der Waals surface area (Å²) < 4.78 is 5.34. The van der Waals surface area contributed by atoms with E-state index in [0.717, 1.165) is 29.1 Å². The van der Waals surface area contributed by atoms with Crippen LogP contribution in [0.4, 0.5) is 11.4 Å². The van der Waals surface area contributed by atoms with Crippen LogP contribution in [-0.2, 0) is 11.2 Å². The first-order valence-electron chi connectivity index (χ1n) is 6.72. The maximum Gasteiger partial charge on any atom is 0.221 e. The van der Waals surface area contributed by atoms with Gasteiger partial charge in [-0.1, -0.05) is 6.07 Å². The molecule has 1 aromatic heterocycles. The molecule has 2 aromatic rings. The van der Waals surface area contributed by atoms with E-state index in [1.807, 2.05) is 37.3 Å². The fraction of sp³-hybridized carbons (Fsp3) is 0.312. The summed E-state index contributed by atoms with van der Waals surface area (Å²) in [6.07, 6.45) is 2.50. The molecule has 0 radical (unpaired) electrons. The van der Waals surface area contributed by atoms with Crippen LogP contribution in [0.1, 0.15) is 25.2 Å². The van der Waals surface area contributed by atoms with Gasteiger partial charge < -0.3 is 15.1 Å². The molecule has 4 heteroatoms. The molecule has 0 aliphatic rings. The second kappa shape index (κ2) is 6.28. The number of amides is 1. The van der Waals surface area contributed by atoms with E-state index in [1.54, 1.807) is 6.26 Å². The molecule has 0 saturated carbocycles. The summed E-state index contributed by atoms with van der Waals surface area (Å²) in [5.41, 5.74) is 2.87. The van der Waals surface area contributed by atoms with Crippen molar-refractivity contribution in [1.82, 2.24) is 0 Å². The summed E-state index contributed by atoms with van der Waals surface area (Å²) >= 11 is 0. The highest BCUT2D eigenvalue weighted by Crippen LogP contribution is 2.21. The lowest BCUT2D eigenvalue weighted by Gasteiger charge is -2.16. The van der Waals surface area contributed by atoms with Crippen LogP contribution < -0.4 is 10.6 Å². The molecule has 1 unspecified atom stereocenters. The molecule has 0 saturated heterocycles. The number of rotatable bonds is 5. The first-order chi connectivity index (χ1) is 9.54. The Bertz CT molecular complexity index is 576. The molecule has 4 nitrogen and oxygen atoms in total. The van der Waals surface area contributed by atoms with E-state index in [0.29, 0.717) is 0 Å². The molecule has 0 bridgehead atoms. The zero-order valence-electron chi connectivity index (χ0n) is 12.1. The van der Waals surface area contributed by atoms with Crippen molar-refractivity contribution < 1.29 is 9.21 Å². The van der Waals surface area contributed by atoms with Crippen molar-refractivity contribution in [3.05, 3.63) is 47.9 Å². The van der Waals surface area contributed by atoms with Crippen molar-refractivity contribution in [2.75, 3.05) is 10.6 Å². The first kappa shape index (κ1) is 14.2. The standard InChI is InChI=1S/C16H20N2O2/c1-11-6-7-14(10-16(11)18-13(3)19)17-12(2)9-15-5-4-8-20-15/h4-8,10,12,17H,9H2,1-3H3,(H,18,19). The number of carbonyl (C=O) groups excluding carboxylic acids is 1. The van der Waals surface area contributed by atoms with Crippen LogP contribution in [0.25, 0.3) is 0 Å². The molecule has 0 aliphatic heterocycles. The second-order valence-electron chi connectivity index (χ2n) is 5.04.